The molecule has 5 heteroatoms. The van der Waals surface area contributed by atoms with Crippen molar-refractivity contribution in [1.82, 2.24) is 5.32 Å². The molecular formula is C18H26N2O3. The van der Waals surface area contributed by atoms with Crippen LogP contribution in [0.3, 0.4) is 0 Å². The Labute approximate surface area is 137 Å². The predicted molar refractivity (Wildman–Crippen MR) is 90.4 cm³/mol. The second-order valence-corrected chi connectivity index (χ2v) is 6.42. The summed E-state index contributed by atoms with van der Waals surface area (Å²) in [5.41, 5.74) is 1.33. The number of nitrogens with one attached hydrogen (secondary N) is 2. The van der Waals surface area contributed by atoms with Gasteiger partial charge in [0.25, 0.3) is 5.91 Å². The molecule has 2 amide bonds. The van der Waals surface area contributed by atoms with E-state index in [9.17, 15) is 9.59 Å². The molecule has 1 saturated carbocycles. The molecule has 0 spiro atoms. The van der Waals surface area contributed by atoms with Crippen molar-refractivity contribution in [3.8, 4) is 0 Å². The van der Waals surface area contributed by atoms with Crippen molar-refractivity contribution in [3.63, 3.8) is 0 Å². The maximum Gasteiger partial charge on any atom is 0.251 e. The molecular weight excluding hydrogens is 292 g/mol. The summed E-state index contributed by atoms with van der Waals surface area (Å²) < 4.78 is 5.47. The van der Waals surface area contributed by atoms with Crippen LogP contribution in [0.15, 0.2) is 24.3 Å². The van der Waals surface area contributed by atoms with E-state index >= 15 is 0 Å². The molecule has 0 aliphatic heterocycles. The summed E-state index contributed by atoms with van der Waals surface area (Å²) in [4.78, 5) is 23.7. The number of anilines is 1. The topological polar surface area (TPSA) is 67.4 Å². The average molecular weight is 318 g/mol. The molecule has 0 aromatic heterocycles. The van der Waals surface area contributed by atoms with Gasteiger partial charge in [-0.2, -0.15) is 0 Å². The van der Waals surface area contributed by atoms with Crippen LogP contribution < -0.4 is 10.6 Å². The minimum atomic E-state index is -0.103. The van der Waals surface area contributed by atoms with E-state index in [1.54, 1.807) is 24.3 Å². The van der Waals surface area contributed by atoms with Gasteiger partial charge >= 0.3 is 0 Å². The molecule has 0 unspecified atom stereocenters. The zero-order valence-corrected chi connectivity index (χ0v) is 13.9. The lowest BCUT2D eigenvalue weighted by atomic mass is 10.2. The minimum absolute atomic E-state index is 0.0728. The maximum absolute atomic E-state index is 12.0. The van der Waals surface area contributed by atoms with Gasteiger partial charge in [0.2, 0.25) is 5.91 Å². The number of benzene rings is 1. The third kappa shape index (κ3) is 6.40. The Hall–Kier alpha value is -1.88. The highest BCUT2D eigenvalue weighted by Gasteiger charge is 2.29. The molecule has 0 bridgehead atoms. The Morgan fingerprint density at radius 3 is 2.52 bits per heavy atom. The molecule has 1 aliphatic rings. The SMILES string of the molecule is CC(C)COCCCNC(=O)c1ccc(NC(=O)C2CC2)cc1. The fraction of sp³-hybridized carbons (Fsp3) is 0.556. The molecule has 0 radical (unpaired) electrons. The van der Waals surface area contributed by atoms with Crippen LogP contribution in [0.5, 0.6) is 0 Å². The van der Waals surface area contributed by atoms with Gasteiger partial charge in [-0.05, 0) is 49.4 Å². The van der Waals surface area contributed by atoms with Crippen LogP contribution in [0.1, 0.15) is 43.5 Å². The van der Waals surface area contributed by atoms with Gasteiger partial charge in [0.1, 0.15) is 0 Å². The van der Waals surface area contributed by atoms with Crippen LogP contribution in [0.4, 0.5) is 5.69 Å². The minimum Gasteiger partial charge on any atom is -0.381 e. The fourth-order valence-electron chi connectivity index (χ4n) is 2.09. The monoisotopic (exact) mass is 318 g/mol. The molecule has 1 aliphatic carbocycles. The van der Waals surface area contributed by atoms with Crippen molar-refractivity contribution in [2.45, 2.75) is 33.1 Å². The Bertz CT molecular complexity index is 522. The summed E-state index contributed by atoms with van der Waals surface area (Å²) in [6.07, 6.45) is 2.76. The van der Waals surface area contributed by atoms with Crippen molar-refractivity contribution in [2.24, 2.45) is 11.8 Å². The third-order valence-corrected chi connectivity index (χ3v) is 3.56. The smallest absolute Gasteiger partial charge is 0.251 e. The highest BCUT2D eigenvalue weighted by Crippen LogP contribution is 2.30. The van der Waals surface area contributed by atoms with E-state index in [4.69, 9.17) is 4.74 Å². The molecule has 23 heavy (non-hydrogen) atoms. The lowest BCUT2D eigenvalue weighted by molar-refractivity contribution is -0.117. The van der Waals surface area contributed by atoms with E-state index in [2.05, 4.69) is 24.5 Å². The van der Waals surface area contributed by atoms with E-state index in [0.29, 0.717) is 24.6 Å². The Morgan fingerprint density at radius 1 is 1.22 bits per heavy atom. The standard InChI is InChI=1S/C18H26N2O3/c1-13(2)12-23-11-3-10-19-17(21)14-6-8-16(9-7-14)20-18(22)15-4-5-15/h6-9,13,15H,3-5,10-12H2,1-2H3,(H,19,21)(H,20,22). The molecule has 5 nitrogen and oxygen atoms in total. The van der Waals surface area contributed by atoms with E-state index < -0.39 is 0 Å². The number of rotatable bonds is 9. The van der Waals surface area contributed by atoms with E-state index in [1.165, 1.54) is 0 Å². The van der Waals surface area contributed by atoms with E-state index in [1.807, 2.05) is 0 Å². The number of carbonyl (C=O) groups is 2. The Kier molecular flexibility index (Phi) is 6.59. The first kappa shape index (κ1) is 17.5. The summed E-state index contributed by atoms with van der Waals surface area (Å²) in [5, 5.41) is 5.73. The van der Waals surface area contributed by atoms with Crippen molar-refractivity contribution in [2.75, 3.05) is 25.1 Å². The van der Waals surface area contributed by atoms with Gasteiger partial charge < -0.3 is 15.4 Å². The first-order valence-corrected chi connectivity index (χ1v) is 8.33. The lowest BCUT2D eigenvalue weighted by Gasteiger charge is -2.08. The molecule has 0 heterocycles. The van der Waals surface area contributed by atoms with Gasteiger partial charge in [-0.15, -0.1) is 0 Å². The first-order valence-electron chi connectivity index (χ1n) is 8.33. The molecule has 1 fully saturated rings. The van der Waals surface area contributed by atoms with Gasteiger partial charge in [0.15, 0.2) is 0 Å². The second-order valence-electron chi connectivity index (χ2n) is 6.42. The normalized spacial score (nSPS) is 13.9. The second kappa shape index (κ2) is 8.67. The van der Waals surface area contributed by atoms with E-state index in [-0.39, 0.29) is 17.7 Å². The lowest BCUT2D eigenvalue weighted by Crippen LogP contribution is -2.25. The van der Waals surface area contributed by atoms with Crippen molar-refractivity contribution >= 4 is 17.5 Å². The zero-order valence-electron chi connectivity index (χ0n) is 13.9. The van der Waals surface area contributed by atoms with Gasteiger partial charge in [0.05, 0.1) is 0 Å². The maximum atomic E-state index is 12.0. The summed E-state index contributed by atoms with van der Waals surface area (Å²) in [7, 11) is 0. The average Bonchev–Trinajstić information content (AvgIpc) is 3.35. The number of ether oxygens (including phenoxy) is 1. The van der Waals surface area contributed by atoms with Gasteiger partial charge in [-0.3, -0.25) is 9.59 Å². The fourth-order valence-corrected chi connectivity index (χ4v) is 2.09. The molecule has 126 valence electrons. The van der Waals surface area contributed by atoms with Gasteiger partial charge in [-0.1, -0.05) is 13.8 Å². The zero-order chi connectivity index (χ0) is 16.7. The Morgan fingerprint density at radius 2 is 1.91 bits per heavy atom. The van der Waals surface area contributed by atoms with Crippen LogP contribution in [0, 0.1) is 11.8 Å². The van der Waals surface area contributed by atoms with E-state index in [0.717, 1.165) is 31.6 Å². The molecule has 1 aromatic carbocycles. The summed E-state index contributed by atoms with van der Waals surface area (Å²) in [6.45, 7) is 6.22. The van der Waals surface area contributed by atoms with Crippen LogP contribution >= 0.6 is 0 Å². The molecule has 2 rings (SSSR count). The summed E-state index contributed by atoms with van der Waals surface area (Å²) >= 11 is 0. The molecule has 0 saturated heterocycles. The highest BCUT2D eigenvalue weighted by atomic mass is 16.5. The van der Waals surface area contributed by atoms with Crippen LogP contribution in [0.2, 0.25) is 0 Å². The quantitative estimate of drug-likeness (QED) is 0.688. The third-order valence-electron chi connectivity index (χ3n) is 3.56. The largest absolute Gasteiger partial charge is 0.381 e. The Balaban J connectivity index is 1.67. The highest BCUT2D eigenvalue weighted by molar-refractivity contribution is 5.96. The number of hydrogen-bond acceptors (Lipinski definition) is 3. The van der Waals surface area contributed by atoms with Crippen molar-refractivity contribution in [1.29, 1.82) is 0 Å². The van der Waals surface area contributed by atoms with Gasteiger partial charge in [-0.25, -0.2) is 0 Å². The van der Waals surface area contributed by atoms with Crippen LogP contribution in [0.25, 0.3) is 0 Å². The number of carbonyl (C=O) groups excluding carboxylic acids is 2. The number of hydrogen-bond donors (Lipinski definition) is 2. The summed E-state index contributed by atoms with van der Waals surface area (Å²) in [5.74, 6) is 0.678. The predicted octanol–water partition coefficient (Wildman–Crippen LogP) is 2.83. The molecule has 1 aromatic rings. The van der Waals surface area contributed by atoms with Crippen LogP contribution in [-0.4, -0.2) is 31.6 Å². The molecule has 2 N–H and O–H groups in total. The van der Waals surface area contributed by atoms with Crippen molar-refractivity contribution < 1.29 is 14.3 Å². The van der Waals surface area contributed by atoms with Gasteiger partial charge in [0, 0.05) is 36.9 Å². The first-order chi connectivity index (χ1) is 11.1. The number of amides is 2. The summed E-state index contributed by atoms with van der Waals surface area (Å²) in [6, 6.07) is 6.99. The molecule has 0 atom stereocenters. The van der Waals surface area contributed by atoms with Crippen molar-refractivity contribution in [3.05, 3.63) is 29.8 Å². The van der Waals surface area contributed by atoms with Crippen LogP contribution in [-0.2, 0) is 9.53 Å².